The molecule has 0 bridgehead atoms. The van der Waals surface area contributed by atoms with Crippen LogP contribution in [0.15, 0.2) is 18.2 Å². The van der Waals surface area contributed by atoms with Gasteiger partial charge >= 0.3 is 0 Å². The maximum atomic E-state index is 12.4. The summed E-state index contributed by atoms with van der Waals surface area (Å²) in [4.78, 5) is 32.0. The molecule has 2 atom stereocenters. The molecule has 1 N–H and O–H groups in total. The van der Waals surface area contributed by atoms with Gasteiger partial charge < -0.3 is 15.0 Å². The highest BCUT2D eigenvalue weighted by Gasteiger charge is 2.40. The van der Waals surface area contributed by atoms with Gasteiger partial charge in [0.25, 0.3) is 0 Å². The van der Waals surface area contributed by atoms with E-state index in [0.717, 1.165) is 18.7 Å². The maximum absolute atomic E-state index is 12.4. The fraction of sp³-hybridized carbons (Fsp3) is 0.562. The van der Waals surface area contributed by atoms with Gasteiger partial charge in [0.15, 0.2) is 0 Å². The first-order valence-electron chi connectivity index (χ1n) is 7.84. The monoisotopic (exact) mass is 318 g/mol. The molecule has 0 radical (unpaired) electrons. The summed E-state index contributed by atoms with van der Waals surface area (Å²) >= 11 is 0. The van der Waals surface area contributed by atoms with Crippen molar-refractivity contribution in [1.29, 1.82) is 0 Å². The minimum atomic E-state index is -0.0419. The molecule has 0 saturated carbocycles. The number of aromatic nitrogens is 1. The molecular weight excluding hydrogens is 296 g/mol. The summed E-state index contributed by atoms with van der Waals surface area (Å²) < 4.78 is 5.14. The highest BCUT2D eigenvalue weighted by Crippen LogP contribution is 2.24. The number of amides is 2. The highest BCUT2D eigenvalue weighted by atomic mass is 16.5. The molecule has 2 saturated heterocycles. The van der Waals surface area contributed by atoms with Crippen molar-refractivity contribution in [2.45, 2.75) is 32.0 Å². The Morgan fingerprint density at radius 2 is 2.26 bits per heavy atom. The topological polar surface area (TPSA) is 74.8 Å². The van der Waals surface area contributed by atoms with Crippen LogP contribution in [0.2, 0.25) is 0 Å². The van der Waals surface area contributed by atoms with E-state index >= 15 is 0 Å². The molecule has 2 aliphatic heterocycles. The van der Waals surface area contributed by atoms with Crippen LogP contribution in [0.5, 0.6) is 5.88 Å². The van der Waals surface area contributed by atoms with Crippen molar-refractivity contribution in [3.63, 3.8) is 0 Å². The van der Waals surface area contributed by atoms with Crippen molar-refractivity contribution in [1.82, 2.24) is 20.1 Å². The Bertz CT molecular complexity index is 607. The molecule has 1 aromatic rings. The van der Waals surface area contributed by atoms with Crippen LogP contribution in [-0.4, -0.2) is 65.4 Å². The zero-order chi connectivity index (χ0) is 16.4. The van der Waals surface area contributed by atoms with Crippen LogP contribution in [-0.2, 0) is 16.1 Å². The van der Waals surface area contributed by atoms with Crippen molar-refractivity contribution < 1.29 is 14.3 Å². The summed E-state index contributed by atoms with van der Waals surface area (Å²) in [6.45, 7) is 3.95. The lowest BCUT2D eigenvalue weighted by Gasteiger charge is -2.36. The normalized spacial score (nSPS) is 24.4. The molecular formula is C16H22N4O3. The van der Waals surface area contributed by atoms with Crippen LogP contribution in [0.4, 0.5) is 0 Å². The van der Waals surface area contributed by atoms with E-state index in [0.29, 0.717) is 25.5 Å². The van der Waals surface area contributed by atoms with Crippen molar-refractivity contribution in [3.8, 4) is 5.88 Å². The van der Waals surface area contributed by atoms with Gasteiger partial charge in [-0.1, -0.05) is 6.07 Å². The summed E-state index contributed by atoms with van der Waals surface area (Å²) in [5.41, 5.74) is 0.891. The van der Waals surface area contributed by atoms with E-state index in [1.54, 1.807) is 7.11 Å². The first kappa shape index (κ1) is 15.7. The summed E-state index contributed by atoms with van der Waals surface area (Å²) in [6.07, 6.45) is 0.813. The highest BCUT2D eigenvalue weighted by molar-refractivity contribution is 5.80. The van der Waals surface area contributed by atoms with Crippen LogP contribution in [0, 0.1) is 0 Å². The number of pyridine rings is 1. The van der Waals surface area contributed by atoms with Gasteiger partial charge in [-0.05, 0) is 12.5 Å². The quantitative estimate of drug-likeness (QED) is 0.846. The number of hydrogen-bond acceptors (Lipinski definition) is 5. The minimum absolute atomic E-state index is 0.0419. The molecule has 2 aliphatic rings. The number of hydrogen-bond donors (Lipinski definition) is 1. The first-order chi connectivity index (χ1) is 11.0. The van der Waals surface area contributed by atoms with Gasteiger partial charge in [-0.2, -0.15) is 0 Å². The molecule has 0 aliphatic carbocycles. The summed E-state index contributed by atoms with van der Waals surface area (Å²) in [6, 6.07) is 5.88. The van der Waals surface area contributed by atoms with Gasteiger partial charge in [0.1, 0.15) is 0 Å². The van der Waals surface area contributed by atoms with Crippen molar-refractivity contribution in [3.05, 3.63) is 23.9 Å². The summed E-state index contributed by atoms with van der Waals surface area (Å²) in [7, 11) is 1.59. The fourth-order valence-electron chi connectivity index (χ4n) is 3.44. The van der Waals surface area contributed by atoms with Crippen molar-refractivity contribution in [2.75, 3.05) is 26.7 Å². The van der Waals surface area contributed by atoms with Gasteiger partial charge in [-0.25, -0.2) is 4.98 Å². The average Bonchev–Trinajstić information content (AvgIpc) is 2.89. The number of nitrogens with zero attached hydrogens (tertiary/aromatic N) is 3. The summed E-state index contributed by atoms with van der Waals surface area (Å²) in [5, 5.41) is 2.92. The van der Waals surface area contributed by atoms with Crippen molar-refractivity contribution in [2.24, 2.45) is 0 Å². The standard InChI is InChI=1S/C16H22N4O3/c1-11(21)17-13-6-14-9-19(10-16(22)20(14)8-13)7-12-4-3-5-15(18-12)23-2/h3-5,13-14H,6-10H2,1-2H3,(H,17,21). The average molecular weight is 318 g/mol. The van der Waals surface area contributed by atoms with E-state index in [9.17, 15) is 9.59 Å². The SMILES string of the molecule is COc1cccc(CN2CC(=O)N3CC(NC(C)=O)CC3C2)n1. The number of carbonyl (C=O) groups excluding carboxylic acids is 2. The van der Waals surface area contributed by atoms with Gasteiger partial charge in [-0.15, -0.1) is 0 Å². The third-order valence-electron chi connectivity index (χ3n) is 4.35. The van der Waals surface area contributed by atoms with E-state index in [1.165, 1.54) is 6.92 Å². The Kier molecular flexibility index (Phi) is 4.47. The molecule has 0 aromatic carbocycles. The van der Waals surface area contributed by atoms with Crippen LogP contribution < -0.4 is 10.1 Å². The zero-order valence-electron chi connectivity index (χ0n) is 13.5. The van der Waals surface area contributed by atoms with Gasteiger partial charge in [-0.3, -0.25) is 14.5 Å². The second kappa shape index (κ2) is 6.54. The van der Waals surface area contributed by atoms with E-state index in [2.05, 4.69) is 15.2 Å². The number of rotatable bonds is 4. The zero-order valence-corrected chi connectivity index (χ0v) is 13.5. The summed E-state index contributed by atoms with van der Waals surface area (Å²) in [5.74, 6) is 0.663. The number of carbonyl (C=O) groups is 2. The fourth-order valence-corrected chi connectivity index (χ4v) is 3.44. The lowest BCUT2D eigenvalue weighted by molar-refractivity contribution is -0.138. The molecule has 23 heavy (non-hydrogen) atoms. The van der Waals surface area contributed by atoms with E-state index in [-0.39, 0.29) is 23.9 Å². The first-order valence-corrected chi connectivity index (χ1v) is 7.84. The Morgan fingerprint density at radius 1 is 1.43 bits per heavy atom. The predicted molar refractivity (Wildman–Crippen MR) is 83.8 cm³/mol. The van der Waals surface area contributed by atoms with Gasteiger partial charge in [0, 0.05) is 44.7 Å². The van der Waals surface area contributed by atoms with Crippen LogP contribution in [0.25, 0.3) is 0 Å². The van der Waals surface area contributed by atoms with E-state index < -0.39 is 0 Å². The largest absolute Gasteiger partial charge is 0.481 e. The molecule has 3 rings (SSSR count). The third kappa shape index (κ3) is 3.61. The molecule has 124 valence electrons. The smallest absolute Gasteiger partial charge is 0.237 e. The van der Waals surface area contributed by atoms with Crippen LogP contribution in [0.3, 0.4) is 0 Å². The lowest BCUT2D eigenvalue weighted by atomic mass is 10.1. The van der Waals surface area contributed by atoms with E-state index in [1.807, 2.05) is 23.1 Å². The van der Waals surface area contributed by atoms with Crippen LogP contribution >= 0.6 is 0 Å². The third-order valence-corrected chi connectivity index (χ3v) is 4.35. The number of nitrogens with one attached hydrogen (secondary N) is 1. The maximum Gasteiger partial charge on any atom is 0.237 e. The molecule has 2 amide bonds. The Hall–Kier alpha value is -2.15. The predicted octanol–water partition coefficient (Wildman–Crippen LogP) is 0.0114. The van der Waals surface area contributed by atoms with Crippen LogP contribution in [0.1, 0.15) is 19.0 Å². The lowest BCUT2D eigenvalue weighted by Crippen LogP contribution is -2.53. The van der Waals surface area contributed by atoms with Gasteiger partial charge in [0.2, 0.25) is 17.7 Å². The van der Waals surface area contributed by atoms with E-state index in [4.69, 9.17) is 4.74 Å². The minimum Gasteiger partial charge on any atom is -0.481 e. The van der Waals surface area contributed by atoms with Crippen molar-refractivity contribution >= 4 is 11.8 Å². The Labute approximate surface area is 135 Å². The second-order valence-electron chi connectivity index (χ2n) is 6.17. The molecule has 0 spiro atoms. The molecule has 2 fully saturated rings. The molecule has 1 aromatic heterocycles. The number of piperazine rings is 1. The molecule has 3 heterocycles. The second-order valence-corrected chi connectivity index (χ2v) is 6.17. The number of methoxy groups -OCH3 is 1. The number of ether oxygens (including phenoxy) is 1. The number of fused-ring (bicyclic) bond motifs is 1. The molecule has 7 heteroatoms. The Balaban J connectivity index is 1.63. The molecule has 7 nitrogen and oxygen atoms in total. The Morgan fingerprint density at radius 3 is 3.00 bits per heavy atom. The van der Waals surface area contributed by atoms with Gasteiger partial charge in [0.05, 0.1) is 19.3 Å². The molecule has 2 unspecified atom stereocenters.